The molecule has 0 aliphatic carbocycles. The Hall–Kier alpha value is -1.36. The highest BCUT2D eigenvalue weighted by molar-refractivity contribution is 6.30. The fourth-order valence-electron chi connectivity index (χ4n) is 1.89. The molecular weight excluding hydrogens is 262 g/mol. The minimum Gasteiger partial charge on any atom is -0.394 e. The van der Waals surface area contributed by atoms with Crippen molar-refractivity contribution in [3.05, 3.63) is 52.8 Å². The van der Waals surface area contributed by atoms with Crippen molar-refractivity contribution >= 4 is 11.6 Å². The fraction of sp³-hybridized carbons (Fsp3) is 0.357. The summed E-state index contributed by atoms with van der Waals surface area (Å²) in [5.41, 5.74) is 2.13. The lowest BCUT2D eigenvalue weighted by Crippen LogP contribution is -2.23. The third-order valence-corrected chi connectivity index (χ3v) is 3.27. The van der Waals surface area contributed by atoms with Crippen molar-refractivity contribution < 1.29 is 5.11 Å². The molecule has 0 aliphatic heterocycles. The number of benzene rings is 1. The van der Waals surface area contributed by atoms with Crippen LogP contribution < -0.4 is 5.32 Å². The molecule has 1 aromatic carbocycles. The third-order valence-electron chi connectivity index (χ3n) is 3.02. The molecule has 1 unspecified atom stereocenters. The van der Waals surface area contributed by atoms with Gasteiger partial charge in [0.05, 0.1) is 18.8 Å². The third kappa shape index (κ3) is 3.80. The summed E-state index contributed by atoms with van der Waals surface area (Å²) in [6.45, 7) is 3.63. The number of aliphatic hydroxyl groups excluding tert-OH is 1. The van der Waals surface area contributed by atoms with Gasteiger partial charge in [-0.1, -0.05) is 23.7 Å². The Morgan fingerprint density at radius 1 is 1.37 bits per heavy atom. The van der Waals surface area contributed by atoms with E-state index in [0.29, 0.717) is 11.6 Å². The summed E-state index contributed by atoms with van der Waals surface area (Å²) in [6, 6.07) is 7.41. The maximum atomic E-state index is 9.46. The van der Waals surface area contributed by atoms with E-state index in [2.05, 4.69) is 17.3 Å². The van der Waals surface area contributed by atoms with E-state index < -0.39 is 0 Å². The molecule has 0 aliphatic rings. The van der Waals surface area contributed by atoms with Crippen LogP contribution in [0, 0.1) is 0 Å². The van der Waals surface area contributed by atoms with Crippen molar-refractivity contribution in [1.82, 2.24) is 15.1 Å². The topological polar surface area (TPSA) is 50.1 Å². The number of hydrogen-bond acceptors (Lipinski definition) is 3. The van der Waals surface area contributed by atoms with Crippen LogP contribution >= 0.6 is 11.6 Å². The average molecular weight is 280 g/mol. The summed E-state index contributed by atoms with van der Waals surface area (Å²) < 4.78 is 1.88. The van der Waals surface area contributed by atoms with E-state index in [0.717, 1.165) is 17.7 Å². The van der Waals surface area contributed by atoms with Crippen molar-refractivity contribution in [1.29, 1.82) is 0 Å². The highest BCUT2D eigenvalue weighted by Crippen LogP contribution is 2.16. The average Bonchev–Trinajstić information content (AvgIpc) is 2.89. The Balaban J connectivity index is 1.97. The van der Waals surface area contributed by atoms with Crippen LogP contribution in [0.5, 0.6) is 0 Å². The Labute approximate surface area is 118 Å². The number of nitrogens with one attached hydrogen (secondary N) is 1. The molecule has 1 aromatic heterocycles. The van der Waals surface area contributed by atoms with Crippen LogP contribution in [-0.4, -0.2) is 21.5 Å². The van der Waals surface area contributed by atoms with E-state index in [1.54, 1.807) is 0 Å². The lowest BCUT2D eigenvalue weighted by Gasteiger charge is -2.16. The van der Waals surface area contributed by atoms with Gasteiger partial charge in [0.2, 0.25) is 0 Å². The molecule has 0 bridgehead atoms. The first-order valence-electron chi connectivity index (χ1n) is 6.34. The quantitative estimate of drug-likeness (QED) is 0.854. The van der Waals surface area contributed by atoms with Gasteiger partial charge in [0.1, 0.15) is 0 Å². The number of aryl methyl sites for hydroxylation is 1. The Kier molecular flexibility index (Phi) is 4.96. The summed E-state index contributed by atoms with van der Waals surface area (Å²) in [4.78, 5) is 0. The van der Waals surface area contributed by atoms with Crippen LogP contribution in [0.25, 0.3) is 0 Å². The predicted molar refractivity (Wildman–Crippen MR) is 76.0 cm³/mol. The van der Waals surface area contributed by atoms with Crippen molar-refractivity contribution in [2.24, 2.45) is 0 Å². The first-order chi connectivity index (χ1) is 9.22. The van der Waals surface area contributed by atoms with Gasteiger partial charge >= 0.3 is 0 Å². The van der Waals surface area contributed by atoms with Gasteiger partial charge in [-0.3, -0.25) is 4.68 Å². The lowest BCUT2D eigenvalue weighted by molar-refractivity contribution is 0.243. The lowest BCUT2D eigenvalue weighted by atomic mass is 10.1. The van der Waals surface area contributed by atoms with E-state index in [1.165, 1.54) is 0 Å². The molecule has 0 amide bonds. The number of nitrogens with zero attached hydrogens (tertiary/aromatic N) is 2. The second-order valence-corrected chi connectivity index (χ2v) is 4.81. The molecule has 0 fully saturated rings. The number of rotatable bonds is 6. The highest BCUT2D eigenvalue weighted by atomic mass is 35.5. The van der Waals surface area contributed by atoms with Gasteiger partial charge in [-0.05, 0) is 24.6 Å². The van der Waals surface area contributed by atoms with Crippen molar-refractivity contribution in [3.8, 4) is 0 Å². The fourth-order valence-corrected chi connectivity index (χ4v) is 2.02. The van der Waals surface area contributed by atoms with Gasteiger partial charge in [-0.25, -0.2) is 0 Å². The van der Waals surface area contributed by atoms with Crippen LogP contribution in [-0.2, 0) is 13.1 Å². The highest BCUT2D eigenvalue weighted by Gasteiger charge is 2.10. The summed E-state index contributed by atoms with van der Waals surface area (Å²) in [5, 5.41) is 17.7. The summed E-state index contributed by atoms with van der Waals surface area (Å²) in [5.74, 6) is 0. The Morgan fingerprint density at radius 3 is 2.68 bits per heavy atom. The van der Waals surface area contributed by atoms with E-state index in [4.69, 9.17) is 11.6 Å². The number of aromatic nitrogens is 2. The first-order valence-corrected chi connectivity index (χ1v) is 6.71. The molecule has 2 N–H and O–H groups in total. The molecule has 2 rings (SSSR count). The van der Waals surface area contributed by atoms with E-state index >= 15 is 0 Å². The summed E-state index contributed by atoms with van der Waals surface area (Å²) in [7, 11) is 0. The molecule has 1 atom stereocenters. The Bertz CT molecular complexity index is 510. The minimum atomic E-state index is -0.0951. The van der Waals surface area contributed by atoms with Gasteiger partial charge in [0, 0.05) is 29.9 Å². The van der Waals surface area contributed by atoms with E-state index in [9.17, 15) is 5.11 Å². The van der Waals surface area contributed by atoms with E-state index in [1.807, 2.05) is 41.3 Å². The zero-order valence-electron chi connectivity index (χ0n) is 10.9. The van der Waals surface area contributed by atoms with Gasteiger partial charge in [-0.15, -0.1) is 0 Å². The number of aliphatic hydroxyl groups is 1. The van der Waals surface area contributed by atoms with Crippen LogP contribution in [0.2, 0.25) is 5.02 Å². The molecule has 4 nitrogen and oxygen atoms in total. The molecule has 0 radical (unpaired) electrons. The van der Waals surface area contributed by atoms with Crippen LogP contribution in [0.15, 0.2) is 36.7 Å². The Morgan fingerprint density at radius 2 is 2.11 bits per heavy atom. The molecule has 0 spiro atoms. The summed E-state index contributed by atoms with van der Waals surface area (Å²) in [6.07, 6.45) is 3.84. The van der Waals surface area contributed by atoms with Crippen molar-refractivity contribution in [2.75, 3.05) is 6.61 Å². The molecule has 0 saturated carbocycles. The smallest absolute Gasteiger partial charge is 0.0626 e. The standard InChI is InChI=1S/C14H18ClN3O/c1-2-18-9-11(8-17-18)7-16-14(10-19)12-3-5-13(15)6-4-12/h3-6,8-9,14,16,19H,2,7,10H2,1H3. The van der Waals surface area contributed by atoms with Gasteiger partial charge in [0.15, 0.2) is 0 Å². The molecule has 0 saturated heterocycles. The molecule has 102 valence electrons. The zero-order chi connectivity index (χ0) is 13.7. The second-order valence-electron chi connectivity index (χ2n) is 4.37. The monoisotopic (exact) mass is 279 g/mol. The van der Waals surface area contributed by atoms with E-state index in [-0.39, 0.29) is 12.6 Å². The number of halogens is 1. The minimum absolute atomic E-state index is 0.0452. The zero-order valence-corrected chi connectivity index (χ0v) is 11.6. The largest absolute Gasteiger partial charge is 0.394 e. The van der Waals surface area contributed by atoms with Gasteiger partial charge in [0.25, 0.3) is 0 Å². The molecule has 5 heteroatoms. The SMILES string of the molecule is CCn1cc(CNC(CO)c2ccc(Cl)cc2)cn1. The van der Waals surface area contributed by atoms with Gasteiger partial charge < -0.3 is 10.4 Å². The van der Waals surface area contributed by atoms with Gasteiger partial charge in [-0.2, -0.15) is 5.10 Å². The second kappa shape index (κ2) is 6.70. The van der Waals surface area contributed by atoms with Crippen LogP contribution in [0.1, 0.15) is 24.1 Å². The molecule has 1 heterocycles. The first kappa shape index (κ1) is 14.1. The molecule has 19 heavy (non-hydrogen) atoms. The summed E-state index contributed by atoms with van der Waals surface area (Å²) >= 11 is 5.86. The van der Waals surface area contributed by atoms with Crippen molar-refractivity contribution in [2.45, 2.75) is 26.1 Å². The van der Waals surface area contributed by atoms with Crippen LogP contribution in [0.4, 0.5) is 0 Å². The predicted octanol–water partition coefficient (Wildman–Crippen LogP) is 2.38. The molecule has 2 aromatic rings. The normalized spacial score (nSPS) is 12.6. The maximum Gasteiger partial charge on any atom is 0.0626 e. The number of hydrogen-bond donors (Lipinski definition) is 2. The van der Waals surface area contributed by atoms with Crippen LogP contribution in [0.3, 0.4) is 0 Å². The molecular formula is C14H18ClN3O. The van der Waals surface area contributed by atoms with Crippen molar-refractivity contribution in [3.63, 3.8) is 0 Å². The maximum absolute atomic E-state index is 9.46.